The third-order valence-electron chi connectivity index (χ3n) is 3.98. The second-order valence-electron chi connectivity index (χ2n) is 5.40. The fourth-order valence-corrected chi connectivity index (χ4v) is 2.79. The van der Waals surface area contributed by atoms with E-state index >= 15 is 0 Å². The molecule has 0 bridgehead atoms. The molecule has 0 saturated carbocycles. The Morgan fingerprint density at radius 2 is 2.05 bits per heavy atom. The van der Waals surface area contributed by atoms with Gasteiger partial charge in [0.1, 0.15) is 5.82 Å². The molecule has 1 heterocycles. The molecule has 1 unspecified atom stereocenters. The van der Waals surface area contributed by atoms with E-state index < -0.39 is 0 Å². The van der Waals surface area contributed by atoms with Gasteiger partial charge in [0.2, 0.25) is 0 Å². The minimum absolute atomic E-state index is 0.0545. The van der Waals surface area contributed by atoms with Gasteiger partial charge in [0.05, 0.1) is 6.04 Å². The topological polar surface area (TPSA) is 55.1 Å². The predicted octanol–water partition coefficient (Wildman–Crippen LogP) is 2.47. The number of carbonyl (C=O) groups excluding carboxylic acids is 1. The second-order valence-corrected chi connectivity index (χ2v) is 5.40. The second kappa shape index (κ2) is 5.30. The molecule has 0 spiro atoms. The average Bonchev–Trinajstić information content (AvgIpc) is 2.47. The lowest BCUT2D eigenvalue weighted by Crippen LogP contribution is -2.32. The van der Waals surface area contributed by atoms with Gasteiger partial charge in [-0.1, -0.05) is 18.2 Å². The third kappa shape index (κ3) is 2.54. The monoisotopic (exact) mass is 284 g/mol. The first-order chi connectivity index (χ1) is 10.1. The Morgan fingerprint density at radius 3 is 2.81 bits per heavy atom. The van der Waals surface area contributed by atoms with E-state index in [-0.39, 0.29) is 17.8 Å². The summed E-state index contributed by atoms with van der Waals surface area (Å²) in [6.45, 7) is 2.51. The summed E-state index contributed by atoms with van der Waals surface area (Å²) in [5.41, 5.74) is 10.6. The van der Waals surface area contributed by atoms with E-state index in [0.717, 1.165) is 28.7 Å². The highest BCUT2D eigenvalue weighted by atomic mass is 19.1. The number of amides is 1. The van der Waals surface area contributed by atoms with Crippen molar-refractivity contribution < 1.29 is 9.18 Å². The van der Waals surface area contributed by atoms with E-state index in [1.807, 2.05) is 25.1 Å². The van der Waals surface area contributed by atoms with Crippen molar-refractivity contribution in [1.82, 2.24) is 5.32 Å². The van der Waals surface area contributed by atoms with Gasteiger partial charge in [-0.25, -0.2) is 4.39 Å². The Balaban J connectivity index is 2.00. The van der Waals surface area contributed by atoms with Crippen LogP contribution in [0.25, 0.3) is 0 Å². The van der Waals surface area contributed by atoms with Crippen molar-refractivity contribution in [2.45, 2.75) is 19.4 Å². The zero-order chi connectivity index (χ0) is 15.0. The smallest absolute Gasteiger partial charge is 0.251 e. The molecule has 1 atom stereocenters. The Kier molecular flexibility index (Phi) is 3.47. The van der Waals surface area contributed by atoms with Crippen molar-refractivity contribution in [2.24, 2.45) is 5.73 Å². The van der Waals surface area contributed by atoms with Crippen LogP contribution in [-0.2, 0) is 6.42 Å². The van der Waals surface area contributed by atoms with Crippen LogP contribution >= 0.6 is 0 Å². The number of rotatable bonds is 2. The molecule has 1 aliphatic heterocycles. The zero-order valence-corrected chi connectivity index (χ0v) is 11.8. The summed E-state index contributed by atoms with van der Waals surface area (Å²) in [6, 6.07) is 9.97. The molecule has 21 heavy (non-hydrogen) atoms. The molecule has 1 aliphatic rings. The zero-order valence-electron chi connectivity index (χ0n) is 11.8. The number of hydrogen-bond acceptors (Lipinski definition) is 2. The largest absolute Gasteiger partial charge is 0.352 e. The van der Waals surface area contributed by atoms with Crippen molar-refractivity contribution >= 4 is 5.91 Å². The molecule has 2 aromatic carbocycles. The van der Waals surface area contributed by atoms with Gasteiger partial charge >= 0.3 is 0 Å². The minimum atomic E-state index is -0.370. The molecule has 0 aliphatic carbocycles. The molecule has 3 rings (SSSR count). The highest BCUT2D eigenvalue weighted by Gasteiger charge is 2.19. The van der Waals surface area contributed by atoms with Crippen LogP contribution in [0.1, 0.15) is 38.7 Å². The molecule has 4 heteroatoms. The predicted molar refractivity (Wildman–Crippen MR) is 79.6 cm³/mol. The Labute approximate surface area is 123 Å². The summed E-state index contributed by atoms with van der Waals surface area (Å²) in [6.07, 6.45) is 0.839. The summed E-state index contributed by atoms with van der Waals surface area (Å²) >= 11 is 0. The lowest BCUT2D eigenvalue weighted by molar-refractivity contribution is 0.0946. The molecule has 0 aromatic heterocycles. The van der Waals surface area contributed by atoms with Gasteiger partial charge in [0.25, 0.3) is 5.91 Å². The van der Waals surface area contributed by atoms with Crippen LogP contribution in [0.15, 0.2) is 36.4 Å². The van der Waals surface area contributed by atoms with Crippen molar-refractivity contribution in [3.05, 3.63) is 70.0 Å². The van der Waals surface area contributed by atoms with E-state index in [2.05, 4.69) is 5.32 Å². The Bertz CT molecular complexity index is 712. The van der Waals surface area contributed by atoms with E-state index in [1.54, 1.807) is 6.07 Å². The number of benzene rings is 2. The summed E-state index contributed by atoms with van der Waals surface area (Å²) < 4.78 is 13.2. The normalized spacial score (nSPS) is 15.3. The van der Waals surface area contributed by atoms with Crippen molar-refractivity contribution in [2.75, 3.05) is 6.54 Å². The maximum atomic E-state index is 13.2. The van der Waals surface area contributed by atoms with Crippen LogP contribution in [0.4, 0.5) is 4.39 Å². The van der Waals surface area contributed by atoms with Crippen LogP contribution in [0.5, 0.6) is 0 Å². The molecule has 1 amide bonds. The molecule has 0 saturated heterocycles. The SMILES string of the molecule is Cc1cc(F)ccc1C(N)c1ccc2c(c1)C(=O)NCC2. The summed E-state index contributed by atoms with van der Waals surface area (Å²) in [5, 5.41) is 2.83. The van der Waals surface area contributed by atoms with E-state index in [4.69, 9.17) is 5.73 Å². The Morgan fingerprint density at radius 1 is 1.24 bits per heavy atom. The number of hydrogen-bond donors (Lipinski definition) is 2. The summed E-state index contributed by atoms with van der Waals surface area (Å²) in [7, 11) is 0. The molecule has 108 valence electrons. The van der Waals surface area contributed by atoms with Crippen LogP contribution in [0.3, 0.4) is 0 Å². The first kappa shape index (κ1) is 13.8. The van der Waals surface area contributed by atoms with E-state index in [9.17, 15) is 9.18 Å². The quantitative estimate of drug-likeness (QED) is 0.890. The van der Waals surface area contributed by atoms with Gasteiger partial charge in [-0.05, 0) is 53.8 Å². The van der Waals surface area contributed by atoms with Gasteiger partial charge in [-0.3, -0.25) is 4.79 Å². The van der Waals surface area contributed by atoms with Crippen LogP contribution in [0, 0.1) is 12.7 Å². The fraction of sp³-hybridized carbons (Fsp3) is 0.235. The first-order valence-electron chi connectivity index (χ1n) is 6.99. The molecule has 3 nitrogen and oxygen atoms in total. The average molecular weight is 284 g/mol. The van der Waals surface area contributed by atoms with Crippen LogP contribution in [0.2, 0.25) is 0 Å². The number of halogens is 1. The van der Waals surface area contributed by atoms with Gasteiger partial charge in [0, 0.05) is 12.1 Å². The summed E-state index contributed by atoms with van der Waals surface area (Å²) in [5.74, 6) is -0.325. The molecule has 3 N–H and O–H groups in total. The van der Waals surface area contributed by atoms with Crippen LogP contribution in [-0.4, -0.2) is 12.5 Å². The maximum Gasteiger partial charge on any atom is 0.251 e. The maximum absolute atomic E-state index is 13.2. The number of nitrogens with one attached hydrogen (secondary N) is 1. The lowest BCUT2D eigenvalue weighted by Gasteiger charge is -2.20. The van der Waals surface area contributed by atoms with Gasteiger partial charge in [-0.15, -0.1) is 0 Å². The van der Waals surface area contributed by atoms with Crippen LogP contribution < -0.4 is 11.1 Å². The number of aryl methyl sites for hydroxylation is 1. The standard InChI is InChI=1S/C17H17FN2O/c1-10-8-13(18)4-5-14(10)16(19)12-3-2-11-6-7-20-17(21)15(11)9-12/h2-5,8-9,16H,6-7,19H2,1H3,(H,20,21). The lowest BCUT2D eigenvalue weighted by atomic mass is 9.91. The van der Waals surface area contributed by atoms with Gasteiger partial charge in [0.15, 0.2) is 0 Å². The Hall–Kier alpha value is -2.20. The first-order valence-corrected chi connectivity index (χ1v) is 6.99. The molecule has 0 radical (unpaired) electrons. The van der Waals surface area contributed by atoms with Gasteiger partial charge < -0.3 is 11.1 Å². The molecular weight excluding hydrogens is 267 g/mol. The highest BCUT2D eigenvalue weighted by Crippen LogP contribution is 2.26. The van der Waals surface area contributed by atoms with Crippen molar-refractivity contribution in [1.29, 1.82) is 0 Å². The molecule has 0 fully saturated rings. The van der Waals surface area contributed by atoms with E-state index in [1.165, 1.54) is 12.1 Å². The fourth-order valence-electron chi connectivity index (χ4n) is 2.79. The highest BCUT2D eigenvalue weighted by molar-refractivity contribution is 5.96. The number of nitrogens with two attached hydrogens (primary N) is 1. The summed E-state index contributed by atoms with van der Waals surface area (Å²) in [4.78, 5) is 11.9. The van der Waals surface area contributed by atoms with Gasteiger partial charge in [-0.2, -0.15) is 0 Å². The van der Waals surface area contributed by atoms with Crippen molar-refractivity contribution in [3.63, 3.8) is 0 Å². The minimum Gasteiger partial charge on any atom is -0.352 e. The van der Waals surface area contributed by atoms with Crippen molar-refractivity contribution in [3.8, 4) is 0 Å². The van der Waals surface area contributed by atoms with E-state index in [0.29, 0.717) is 12.1 Å². The molecule has 2 aromatic rings. The molecular formula is C17H17FN2O. The number of carbonyl (C=O) groups is 1. The third-order valence-corrected chi connectivity index (χ3v) is 3.98. The number of fused-ring (bicyclic) bond motifs is 1.